The number of hydrogen-bond acceptors (Lipinski definition) is 4. The van der Waals surface area contributed by atoms with E-state index in [9.17, 15) is 9.90 Å². The van der Waals surface area contributed by atoms with Crippen LogP contribution in [0.1, 0.15) is 44.2 Å². The number of hydrogen-bond donors (Lipinski definition) is 1. The molecule has 1 amide bonds. The Kier molecular flexibility index (Phi) is 7.44. The first-order chi connectivity index (χ1) is 18.9. The number of para-hydroxylation sites is 2. The predicted molar refractivity (Wildman–Crippen MR) is 156 cm³/mol. The van der Waals surface area contributed by atoms with E-state index >= 15 is 8.78 Å². The number of halogens is 4. The number of amides is 1. The van der Waals surface area contributed by atoms with Crippen LogP contribution in [0.3, 0.4) is 0 Å². The molecule has 2 fully saturated rings. The molecule has 0 radical (unpaired) electrons. The normalized spacial score (nSPS) is 25.2. The van der Waals surface area contributed by atoms with Gasteiger partial charge in [-0.2, -0.15) is 0 Å². The van der Waals surface area contributed by atoms with Gasteiger partial charge in [0.05, 0.1) is 28.8 Å². The SMILES string of the molecule is CN=CC1(c2ccc(Cl)cc2F)C(c2cccc(Cl)c2F)C2C(=O)N(c3ccccc3O)CN2C1CC(C)(C)C. The van der Waals surface area contributed by atoms with E-state index in [1.54, 1.807) is 55.7 Å². The molecule has 0 bridgehead atoms. The van der Waals surface area contributed by atoms with Crippen LogP contribution >= 0.6 is 23.2 Å². The van der Waals surface area contributed by atoms with E-state index in [2.05, 4.69) is 25.8 Å². The van der Waals surface area contributed by atoms with E-state index in [1.807, 2.05) is 4.90 Å². The van der Waals surface area contributed by atoms with Gasteiger partial charge in [0.25, 0.3) is 0 Å². The number of phenolic OH excluding ortho intramolecular Hbond substituents is 1. The molecule has 3 aromatic rings. The van der Waals surface area contributed by atoms with E-state index in [4.69, 9.17) is 23.2 Å². The molecule has 5 rings (SSSR count). The number of fused-ring (bicyclic) bond motifs is 1. The number of aromatic hydroxyl groups is 1. The minimum Gasteiger partial charge on any atom is -0.506 e. The fraction of sp³-hybridized carbons (Fsp3) is 0.355. The van der Waals surface area contributed by atoms with Crippen molar-refractivity contribution < 1.29 is 18.7 Å². The highest BCUT2D eigenvalue weighted by molar-refractivity contribution is 6.31. The maximum Gasteiger partial charge on any atom is 0.246 e. The minimum atomic E-state index is -1.26. The molecule has 9 heteroatoms. The van der Waals surface area contributed by atoms with E-state index in [-0.39, 0.29) is 44.9 Å². The Morgan fingerprint density at radius 2 is 1.82 bits per heavy atom. The van der Waals surface area contributed by atoms with Gasteiger partial charge in [-0.25, -0.2) is 8.78 Å². The molecular formula is C31H31Cl2F2N3O2. The average Bonchev–Trinajstić information content (AvgIpc) is 3.33. The molecule has 3 aromatic carbocycles. The van der Waals surface area contributed by atoms with Crippen LogP contribution in [0.25, 0.3) is 0 Å². The third kappa shape index (κ3) is 4.58. The van der Waals surface area contributed by atoms with Crippen molar-refractivity contribution in [3.8, 4) is 5.75 Å². The Balaban J connectivity index is 1.84. The number of carbonyl (C=O) groups is 1. The predicted octanol–water partition coefficient (Wildman–Crippen LogP) is 7.19. The smallest absolute Gasteiger partial charge is 0.246 e. The molecule has 0 spiro atoms. The van der Waals surface area contributed by atoms with Gasteiger partial charge in [0.15, 0.2) is 0 Å². The molecule has 4 atom stereocenters. The van der Waals surface area contributed by atoms with Crippen LogP contribution < -0.4 is 4.90 Å². The summed E-state index contributed by atoms with van der Waals surface area (Å²) >= 11 is 12.4. The quantitative estimate of drug-likeness (QED) is 0.322. The summed E-state index contributed by atoms with van der Waals surface area (Å²) in [7, 11) is 1.59. The molecule has 0 saturated carbocycles. The number of carbonyl (C=O) groups excluding carboxylic acids is 1. The lowest BCUT2D eigenvalue weighted by Gasteiger charge is -2.42. The van der Waals surface area contributed by atoms with Gasteiger partial charge < -0.3 is 5.11 Å². The standard InChI is InChI=1S/C31H31Cl2F2N3O2/c1-30(2,3)15-25-31(16-36-4,20-13-12-18(32)14-22(20)34)26(19-8-7-9-21(33)27(19)35)28-29(40)37(17-38(25)28)23-10-5-6-11-24(23)39/h5-14,16,25-26,28,39H,15,17H2,1-4H3. The van der Waals surface area contributed by atoms with Crippen LogP contribution in [0.5, 0.6) is 5.75 Å². The summed E-state index contributed by atoms with van der Waals surface area (Å²) in [5, 5.41) is 10.8. The zero-order valence-electron chi connectivity index (χ0n) is 22.7. The van der Waals surface area contributed by atoms with Gasteiger partial charge in [0, 0.05) is 35.8 Å². The highest BCUT2D eigenvalue weighted by Gasteiger charge is 2.66. The first-order valence-electron chi connectivity index (χ1n) is 13.1. The number of benzene rings is 3. The van der Waals surface area contributed by atoms with Gasteiger partial charge in [0.2, 0.25) is 5.91 Å². The third-order valence-corrected chi connectivity index (χ3v) is 8.53. The Hall–Kier alpha value is -3.00. The maximum atomic E-state index is 16.0. The van der Waals surface area contributed by atoms with Gasteiger partial charge in [-0.3, -0.25) is 19.6 Å². The van der Waals surface area contributed by atoms with Crippen LogP contribution in [0.2, 0.25) is 10.0 Å². The van der Waals surface area contributed by atoms with E-state index < -0.39 is 35.1 Å². The molecule has 1 N–H and O–H groups in total. The maximum absolute atomic E-state index is 16.0. The lowest BCUT2D eigenvalue weighted by atomic mass is 9.62. The second-order valence-electron chi connectivity index (χ2n) is 11.7. The molecule has 4 unspecified atom stereocenters. The molecule has 2 heterocycles. The summed E-state index contributed by atoms with van der Waals surface area (Å²) in [5.41, 5.74) is -0.696. The average molecular weight is 587 g/mol. The molecule has 0 aliphatic carbocycles. The first kappa shape index (κ1) is 28.5. The van der Waals surface area contributed by atoms with Crippen molar-refractivity contribution in [2.45, 2.75) is 50.6 Å². The van der Waals surface area contributed by atoms with Crippen LogP contribution in [-0.2, 0) is 10.2 Å². The molecule has 2 aliphatic rings. The van der Waals surface area contributed by atoms with Crippen molar-refractivity contribution in [2.24, 2.45) is 10.4 Å². The molecule has 2 aliphatic heterocycles. The second kappa shape index (κ2) is 10.4. The number of rotatable bonds is 5. The number of aliphatic imine (C=N–C) groups is 1. The number of nitrogens with zero attached hydrogens (tertiary/aromatic N) is 3. The van der Waals surface area contributed by atoms with E-state index in [0.717, 1.165) is 0 Å². The molecule has 210 valence electrons. The van der Waals surface area contributed by atoms with E-state index in [0.29, 0.717) is 12.1 Å². The summed E-state index contributed by atoms with van der Waals surface area (Å²) in [6.07, 6.45) is 2.19. The van der Waals surface area contributed by atoms with Crippen molar-refractivity contribution in [1.82, 2.24) is 4.90 Å². The monoisotopic (exact) mass is 585 g/mol. The lowest BCUT2D eigenvalue weighted by molar-refractivity contribution is -0.119. The third-order valence-electron chi connectivity index (χ3n) is 8.00. The Bertz CT molecular complexity index is 1490. The van der Waals surface area contributed by atoms with Gasteiger partial charge >= 0.3 is 0 Å². The summed E-state index contributed by atoms with van der Waals surface area (Å²) in [4.78, 5) is 22.3. The summed E-state index contributed by atoms with van der Waals surface area (Å²) in [6.45, 7) is 6.33. The van der Waals surface area contributed by atoms with Crippen molar-refractivity contribution in [3.63, 3.8) is 0 Å². The summed E-state index contributed by atoms with van der Waals surface area (Å²) in [5.74, 6) is -2.50. The summed E-state index contributed by atoms with van der Waals surface area (Å²) in [6, 6.07) is 14.4. The zero-order chi connectivity index (χ0) is 29.0. The number of phenols is 1. The fourth-order valence-corrected chi connectivity index (χ4v) is 6.91. The van der Waals surface area contributed by atoms with Crippen LogP contribution in [0.4, 0.5) is 14.5 Å². The van der Waals surface area contributed by atoms with Crippen molar-refractivity contribution in [1.29, 1.82) is 0 Å². The first-order valence-corrected chi connectivity index (χ1v) is 13.8. The Morgan fingerprint density at radius 1 is 1.10 bits per heavy atom. The molecule has 40 heavy (non-hydrogen) atoms. The van der Waals surface area contributed by atoms with Gasteiger partial charge in [-0.1, -0.05) is 74.3 Å². The second-order valence-corrected chi connectivity index (χ2v) is 12.5. The Morgan fingerprint density at radius 3 is 2.48 bits per heavy atom. The summed E-state index contributed by atoms with van der Waals surface area (Å²) < 4.78 is 32.0. The van der Waals surface area contributed by atoms with Crippen LogP contribution in [0.15, 0.2) is 65.7 Å². The van der Waals surface area contributed by atoms with Crippen LogP contribution in [-0.4, -0.2) is 47.9 Å². The molecule has 5 nitrogen and oxygen atoms in total. The Labute approximate surface area is 243 Å². The van der Waals surface area contributed by atoms with Gasteiger partial charge in [-0.05, 0) is 47.7 Å². The van der Waals surface area contributed by atoms with Gasteiger partial charge in [-0.15, -0.1) is 0 Å². The largest absolute Gasteiger partial charge is 0.506 e. The fourth-order valence-electron chi connectivity index (χ4n) is 6.57. The molecule has 0 aromatic heterocycles. The topological polar surface area (TPSA) is 56.1 Å². The van der Waals surface area contributed by atoms with Crippen molar-refractivity contribution in [3.05, 3.63) is 93.5 Å². The highest BCUT2D eigenvalue weighted by Crippen LogP contribution is 2.58. The highest BCUT2D eigenvalue weighted by atomic mass is 35.5. The molecular weight excluding hydrogens is 555 g/mol. The van der Waals surface area contributed by atoms with E-state index in [1.165, 1.54) is 23.1 Å². The van der Waals surface area contributed by atoms with Crippen LogP contribution in [0, 0.1) is 17.0 Å². The van der Waals surface area contributed by atoms with Gasteiger partial charge in [0.1, 0.15) is 17.4 Å². The zero-order valence-corrected chi connectivity index (χ0v) is 24.2. The molecule has 2 saturated heterocycles. The van der Waals surface area contributed by atoms with Crippen molar-refractivity contribution in [2.75, 3.05) is 18.6 Å². The number of anilines is 1. The lowest BCUT2D eigenvalue weighted by Crippen LogP contribution is -2.50. The van der Waals surface area contributed by atoms with Crippen molar-refractivity contribution >= 4 is 41.0 Å². The minimum absolute atomic E-state index is 0.0417.